The Hall–Kier alpha value is -5.20. The predicted octanol–water partition coefficient (Wildman–Crippen LogP) is 10.8. The molecule has 7 aromatic rings. The summed E-state index contributed by atoms with van der Waals surface area (Å²) in [6, 6.07) is 59.8. The molecule has 0 spiro atoms. The zero-order valence-corrected chi connectivity index (χ0v) is 22.7. The van der Waals surface area contributed by atoms with Crippen molar-refractivity contribution in [3.63, 3.8) is 0 Å². The van der Waals surface area contributed by atoms with Crippen molar-refractivity contribution in [2.75, 3.05) is 0 Å². The highest BCUT2D eigenvalue weighted by atomic mass is 14.4. The second-order valence-electron chi connectivity index (χ2n) is 10.8. The number of hydrogen-bond donors (Lipinski definition) is 0. The minimum atomic E-state index is 0.0990. The minimum Gasteiger partial charge on any atom is -0.0622 e. The molecule has 1 aliphatic rings. The fourth-order valence-electron chi connectivity index (χ4n) is 6.92. The molecular formula is C41H28. The number of rotatable bonds is 4. The largest absolute Gasteiger partial charge is 0.0622 e. The van der Waals surface area contributed by atoms with Crippen LogP contribution in [0.1, 0.15) is 33.7 Å². The van der Waals surface area contributed by atoms with Gasteiger partial charge < -0.3 is 0 Å². The predicted molar refractivity (Wildman–Crippen MR) is 174 cm³/mol. The van der Waals surface area contributed by atoms with E-state index in [0.717, 1.165) is 0 Å². The number of hydrogen-bond acceptors (Lipinski definition) is 0. The topological polar surface area (TPSA) is 0 Å². The summed E-state index contributed by atoms with van der Waals surface area (Å²) in [4.78, 5) is 0. The normalized spacial score (nSPS) is 14.5. The summed E-state index contributed by atoms with van der Waals surface area (Å²) >= 11 is 0. The fraction of sp³-hybridized carbons (Fsp3) is 0.0244. The SMILES string of the molecule is c1ccc(C2=C(c3ccccc3)C(c3ccccc3)c3c2c2c(-c4ccccc4)cccc2c2ccccc32)cc1. The van der Waals surface area contributed by atoms with Crippen LogP contribution >= 0.6 is 0 Å². The van der Waals surface area contributed by atoms with Crippen LogP contribution in [-0.4, -0.2) is 0 Å². The van der Waals surface area contributed by atoms with Crippen molar-refractivity contribution < 1.29 is 0 Å². The molecule has 0 saturated heterocycles. The Kier molecular flexibility index (Phi) is 5.64. The van der Waals surface area contributed by atoms with Gasteiger partial charge in [-0.1, -0.05) is 164 Å². The Morgan fingerprint density at radius 3 is 1.54 bits per heavy atom. The zero-order valence-electron chi connectivity index (χ0n) is 22.7. The molecule has 8 rings (SSSR count). The quantitative estimate of drug-likeness (QED) is 0.202. The minimum absolute atomic E-state index is 0.0990. The summed E-state index contributed by atoms with van der Waals surface area (Å²) in [6.07, 6.45) is 0. The first-order valence-corrected chi connectivity index (χ1v) is 14.3. The van der Waals surface area contributed by atoms with Crippen molar-refractivity contribution in [1.82, 2.24) is 0 Å². The smallest absolute Gasteiger partial charge is 0.0364 e. The standard InChI is InChI=1S/C41H28/c1-5-16-28(17-6-1)32-26-15-27-34-33-24-13-14-25-35(33)40-37(30-20-9-3-10-21-30)36(29-18-7-2-8-19-29)38(41(40)39(32)34)31-22-11-4-12-23-31/h1-27,37H. The van der Waals surface area contributed by atoms with E-state index in [1.807, 2.05) is 0 Å². The molecule has 0 N–H and O–H groups in total. The van der Waals surface area contributed by atoms with E-state index in [9.17, 15) is 0 Å². The van der Waals surface area contributed by atoms with Gasteiger partial charge in [-0.25, -0.2) is 0 Å². The highest BCUT2D eigenvalue weighted by Crippen LogP contribution is 2.57. The van der Waals surface area contributed by atoms with Gasteiger partial charge in [0, 0.05) is 5.92 Å². The number of fused-ring (bicyclic) bond motifs is 6. The molecule has 0 radical (unpaired) electrons. The van der Waals surface area contributed by atoms with Crippen LogP contribution in [0.15, 0.2) is 164 Å². The number of benzene rings is 7. The van der Waals surface area contributed by atoms with Crippen molar-refractivity contribution in [3.05, 3.63) is 192 Å². The van der Waals surface area contributed by atoms with Crippen molar-refractivity contribution >= 4 is 32.7 Å². The van der Waals surface area contributed by atoms with Gasteiger partial charge in [-0.05, 0) is 71.6 Å². The summed E-state index contributed by atoms with van der Waals surface area (Å²) in [6.45, 7) is 0. The van der Waals surface area contributed by atoms with Gasteiger partial charge in [-0.15, -0.1) is 0 Å². The van der Waals surface area contributed by atoms with Crippen LogP contribution in [0.2, 0.25) is 0 Å². The molecule has 0 nitrogen and oxygen atoms in total. The van der Waals surface area contributed by atoms with E-state index >= 15 is 0 Å². The summed E-state index contributed by atoms with van der Waals surface area (Å²) < 4.78 is 0. The van der Waals surface area contributed by atoms with E-state index in [0.29, 0.717) is 0 Å². The van der Waals surface area contributed by atoms with Crippen LogP contribution in [0.25, 0.3) is 43.8 Å². The summed E-state index contributed by atoms with van der Waals surface area (Å²) in [5.74, 6) is 0.0990. The van der Waals surface area contributed by atoms with Gasteiger partial charge in [0.2, 0.25) is 0 Å². The van der Waals surface area contributed by atoms with E-state index in [-0.39, 0.29) is 5.92 Å². The molecule has 7 aromatic carbocycles. The summed E-state index contributed by atoms with van der Waals surface area (Å²) in [5, 5.41) is 5.27. The molecule has 41 heavy (non-hydrogen) atoms. The molecule has 0 fully saturated rings. The molecular weight excluding hydrogens is 492 g/mol. The molecule has 0 heterocycles. The molecule has 1 atom stereocenters. The van der Waals surface area contributed by atoms with Gasteiger partial charge in [0.15, 0.2) is 0 Å². The summed E-state index contributed by atoms with van der Waals surface area (Å²) in [5.41, 5.74) is 11.8. The first-order valence-electron chi connectivity index (χ1n) is 14.3. The van der Waals surface area contributed by atoms with Crippen LogP contribution < -0.4 is 0 Å². The lowest BCUT2D eigenvalue weighted by atomic mass is 9.81. The zero-order chi connectivity index (χ0) is 27.2. The molecule has 192 valence electrons. The Morgan fingerprint density at radius 2 is 0.878 bits per heavy atom. The van der Waals surface area contributed by atoms with Gasteiger partial charge in [-0.2, -0.15) is 0 Å². The molecule has 0 saturated carbocycles. The van der Waals surface area contributed by atoms with Crippen LogP contribution in [0.3, 0.4) is 0 Å². The van der Waals surface area contributed by atoms with Gasteiger partial charge in [-0.3, -0.25) is 0 Å². The van der Waals surface area contributed by atoms with Crippen molar-refractivity contribution in [2.24, 2.45) is 0 Å². The van der Waals surface area contributed by atoms with Gasteiger partial charge >= 0.3 is 0 Å². The average Bonchev–Trinajstić information content (AvgIpc) is 3.43. The molecule has 0 bridgehead atoms. The molecule has 0 heteroatoms. The first kappa shape index (κ1) is 23.7. The van der Waals surface area contributed by atoms with E-state index in [1.165, 1.54) is 71.6 Å². The maximum Gasteiger partial charge on any atom is 0.0364 e. The highest BCUT2D eigenvalue weighted by Gasteiger charge is 2.37. The molecule has 0 aromatic heterocycles. The first-order chi connectivity index (χ1) is 20.4. The second kappa shape index (κ2) is 9.77. The summed E-state index contributed by atoms with van der Waals surface area (Å²) in [7, 11) is 0. The van der Waals surface area contributed by atoms with Crippen LogP contribution in [0, 0.1) is 0 Å². The Bertz CT molecular complexity index is 2050. The Balaban J connectivity index is 1.64. The maximum absolute atomic E-state index is 2.33. The molecule has 1 unspecified atom stereocenters. The third-order valence-corrected chi connectivity index (χ3v) is 8.55. The van der Waals surface area contributed by atoms with E-state index < -0.39 is 0 Å². The lowest BCUT2D eigenvalue weighted by Gasteiger charge is -2.21. The monoisotopic (exact) mass is 520 g/mol. The van der Waals surface area contributed by atoms with Crippen LogP contribution in [-0.2, 0) is 0 Å². The molecule has 0 aliphatic heterocycles. The fourth-order valence-corrected chi connectivity index (χ4v) is 6.92. The van der Waals surface area contributed by atoms with E-state index in [4.69, 9.17) is 0 Å². The lowest BCUT2D eigenvalue weighted by molar-refractivity contribution is 1.08. The maximum atomic E-state index is 2.33. The van der Waals surface area contributed by atoms with E-state index in [1.54, 1.807) is 0 Å². The van der Waals surface area contributed by atoms with Gasteiger partial charge in [0.05, 0.1) is 0 Å². The van der Waals surface area contributed by atoms with Crippen molar-refractivity contribution in [2.45, 2.75) is 5.92 Å². The Morgan fingerprint density at radius 1 is 0.366 bits per heavy atom. The average molecular weight is 521 g/mol. The van der Waals surface area contributed by atoms with Crippen LogP contribution in [0.5, 0.6) is 0 Å². The van der Waals surface area contributed by atoms with E-state index in [2.05, 4.69) is 164 Å². The van der Waals surface area contributed by atoms with Crippen LogP contribution in [0.4, 0.5) is 0 Å². The second-order valence-corrected chi connectivity index (χ2v) is 10.8. The molecule has 0 amide bonds. The third kappa shape index (κ3) is 3.76. The van der Waals surface area contributed by atoms with Crippen molar-refractivity contribution in [3.8, 4) is 11.1 Å². The lowest BCUT2D eigenvalue weighted by Crippen LogP contribution is -2.03. The Labute approximate surface area is 240 Å². The van der Waals surface area contributed by atoms with Crippen molar-refractivity contribution in [1.29, 1.82) is 0 Å². The number of allylic oxidation sites excluding steroid dienone is 1. The van der Waals surface area contributed by atoms with Gasteiger partial charge in [0.1, 0.15) is 0 Å². The van der Waals surface area contributed by atoms with Gasteiger partial charge in [0.25, 0.3) is 0 Å². The molecule has 1 aliphatic carbocycles. The highest BCUT2D eigenvalue weighted by molar-refractivity contribution is 6.24. The third-order valence-electron chi connectivity index (χ3n) is 8.55.